The second-order valence-electron chi connectivity index (χ2n) is 5.47. The Kier molecular flexibility index (Phi) is 4.77. The van der Waals surface area contributed by atoms with Gasteiger partial charge in [-0.2, -0.15) is 0 Å². The van der Waals surface area contributed by atoms with Crippen LogP contribution in [0.15, 0.2) is 18.2 Å². The topological polar surface area (TPSA) is 78.4 Å². The van der Waals surface area contributed by atoms with Crippen molar-refractivity contribution in [3.63, 3.8) is 0 Å². The normalized spacial score (nSPS) is 21.0. The Bertz CT molecular complexity index is 548. The second kappa shape index (κ2) is 6.56. The summed E-state index contributed by atoms with van der Waals surface area (Å²) in [5.74, 6) is -1.06. The number of benzene rings is 1. The highest BCUT2D eigenvalue weighted by Gasteiger charge is 2.24. The van der Waals surface area contributed by atoms with E-state index in [9.17, 15) is 14.0 Å². The van der Waals surface area contributed by atoms with Crippen molar-refractivity contribution in [1.82, 2.24) is 5.32 Å². The van der Waals surface area contributed by atoms with E-state index in [1.165, 1.54) is 12.1 Å². The highest BCUT2D eigenvalue weighted by Crippen LogP contribution is 2.30. The van der Waals surface area contributed by atoms with Crippen LogP contribution >= 0.6 is 0 Å². The molecule has 6 heteroatoms. The van der Waals surface area contributed by atoms with Crippen molar-refractivity contribution < 1.29 is 19.1 Å². The summed E-state index contributed by atoms with van der Waals surface area (Å²) in [6.45, 7) is 2.67. The summed E-state index contributed by atoms with van der Waals surface area (Å²) >= 11 is 0. The van der Waals surface area contributed by atoms with Crippen molar-refractivity contribution in [2.24, 2.45) is 11.8 Å². The van der Waals surface area contributed by atoms with Crippen LogP contribution in [0.1, 0.15) is 36.5 Å². The number of carboxylic acid groups (broad SMARTS) is 1. The van der Waals surface area contributed by atoms with Gasteiger partial charge in [-0.25, -0.2) is 14.0 Å². The van der Waals surface area contributed by atoms with E-state index in [1.54, 1.807) is 0 Å². The van der Waals surface area contributed by atoms with Crippen molar-refractivity contribution in [3.05, 3.63) is 29.6 Å². The van der Waals surface area contributed by atoms with E-state index in [0.29, 0.717) is 18.4 Å². The molecule has 21 heavy (non-hydrogen) atoms. The molecule has 0 saturated heterocycles. The summed E-state index contributed by atoms with van der Waals surface area (Å²) in [7, 11) is 0. The zero-order valence-corrected chi connectivity index (χ0v) is 11.9. The van der Waals surface area contributed by atoms with Crippen LogP contribution in [0.5, 0.6) is 0 Å². The summed E-state index contributed by atoms with van der Waals surface area (Å²) in [6.07, 6.45) is 3.39. The molecule has 0 aliphatic heterocycles. The summed E-state index contributed by atoms with van der Waals surface area (Å²) in [4.78, 5) is 22.8. The van der Waals surface area contributed by atoms with Crippen LogP contribution in [0, 0.1) is 17.7 Å². The molecule has 114 valence electrons. The van der Waals surface area contributed by atoms with Crippen molar-refractivity contribution >= 4 is 17.7 Å². The van der Waals surface area contributed by atoms with Gasteiger partial charge in [-0.05, 0) is 30.4 Å². The molecule has 2 rings (SSSR count). The second-order valence-corrected chi connectivity index (χ2v) is 5.47. The van der Waals surface area contributed by atoms with E-state index < -0.39 is 17.8 Å². The third-order valence-corrected chi connectivity index (χ3v) is 4.05. The molecule has 5 nitrogen and oxygen atoms in total. The minimum atomic E-state index is -1.28. The maximum Gasteiger partial charge on any atom is 0.337 e. The number of rotatable bonds is 4. The van der Waals surface area contributed by atoms with E-state index in [0.717, 1.165) is 25.3 Å². The Morgan fingerprint density at radius 2 is 2.14 bits per heavy atom. The van der Waals surface area contributed by atoms with Crippen LogP contribution in [0.2, 0.25) is 0 Å². The number of anilines is 1. The molecule has 3 N–H and O–H groups in total. The number of nitrogens with one attached hydrogen (secondary N) is 2. The van der Waals surface area contributed by atoms with Gasteiger partial charge in [0.2, 0.25) is 0 Å². The lowest BCUT2D eigenvalue weighted by Gasteiger charge is -2.16. The molecule has 2 amide bonds. The van der Waals surface area contributed by atoms with Gasteiger partial charge in [-0.1, -0.05) is 25.8 Å². The highest BCUT2D eigenvalue weighted by molar-refractivity contribution is 6.00. The zero-order valence-electron chi connectivity index (χ0n) is 11.9. The summed E-state index contributed by atoms with van der Waals surface area (Å²) in [5, 5.41) is 14.0. The lowest BCUT2D eigenvalue weighted by molar-refractivity contribution is 0.0697. The molecular weight excluding hydrogens is 275 g/mol. The number of hydrogen-bond acceptors (Lipinski definition) is 2. The minimum absolute atomic E-state index is 0.264. The lowest BCUT2D eigenvalue weighted by atomic mass is 9.98. The van der Waals surface area contributed by atoms with Gasteiger partial charge in [0.15, 0.2) is 0 Å². The van der Waals surface area contributed by atoms with E-state index in [4.69, 9.17) is 5.11 Å². The molecular formula is C15H19FN2O3. The number of aromatic carboxylic acids is 1. The Labute approximate surface area is 122 Å². The largest absolute Gasteiger partial charge is 0.478 e. The quantitative estimate of drug-likeness (QED) is 0.798. The van der Waals surface area contributed by atoms with Gasteiger partial charge < -0.3 is 15.7 Å². The van der Waals surface area contributed by atoms with Crippen LogP contribution in [-0.2, 0) is 0 Å². The molecule has 2 atom stereocenters. The first-order chi connectivity index (χ1) is 9.99. The van der Waals surface area contributed by atoms with Gasteiger partial charge in [0.25, 0.3) is 0 Å². The molecule has 1 fully saturated rings. The fraction of sp³-hybridized carbons (Fsp3) is 0.467. The minimum Gasteiger partial charge on any atom is -0.478 e. The number of hydrogen-bond donors (Lipinski definition) is 3. The predicted octanol–water partition coefficient (Wildman–Crippen LogP) is 3.08. The third-order valence-electron chi connectivity index (χ3n) is 4.05. The average molecular weight is 294 g/mol. The van der Waals surface area contributed by atoms with Gasteiger partial charge in [-0.15, -0.1) is 0 Å². The molecule has 0 heterocycles. The summed E-state index contributed by atoms with van der Waals surface area (Å²) in [5.41, 5.74) is -0.568. The van der Waals surface area contributed by atoms with Crippen LogP contribution in [0.25, 0.3) is 0 Å². The molecule has 0 spiro atoms. The molecule has 0 aromatic heterocycles. The highest BCUT2D eigenvalue weighted by atomic mass is 19.1. The number of para-hydroxylation sites is 1. The Morgan fingerprint density at radius 3 is 2.76 bits per heavy atom. The predicted molar refractivity (Wildman–Crippen MR) is 76.9 cm³/mol. The molecule has 0 bridgehead atoms. The van der Waals surface area contributed by atoms with Gasteiger partial charge >= 0.3 is 12.0 Å². The van der Waals surface area contributed by atoms with Gasteiger partial charge in [-0.3, -0.25) is 0 Å². The van der Waals surface area contributed by atoms with Crippen LogP contribution in [0.4, 0.5) is 14.9 Å². The molecule has 0 radical (unpaired) electrons. The monoisotopic (exact) mass is 294 g/mol. The first kappa shape index (κ1) is 15.3. The Morgan fingerprint density at radius 1 is 1.38 bits per heavy atom. The number of urea groups is 1. The van der Waals surface area contributed by atoms with Gasteiger partial charge in [0, 0.05) is 6.54 Å². The van der Waals surface area contributed by atoms with E-state index in [1.807, 2.05) is 0 Å². The van der Waals surface area contributed by atoms with Crippen LogP contribution < -0.4 is 10.6 Å². The zero-order chi connectivity index (χ0) is 15.4. The molecule has 1 saturated carbocycles. The van der Waals surface area contributed by atoms with Crippen molar-refractivity contribution in [3.8, 4) is 0 Å². The molecule has 2 unspecified atom stereocenters. The fourth-order valence-electron chi connectivity index (χ4n) is 2.74. The number of amides is 2. The van der Waals surface area contributed by atoms with Crippen molar-refractivity contribution in [2.45, 2.75) is 26.2 Å². The molecule has 1 aromatic carbocycles. The van der Waals surface area contributed by atoms with E-state index in [2.05, 4.69) is 17.6 Å². The van der Waals surface area contributed by atoms with E-state index >= 15 is 0 Å². The number of halogens is 1. The fourth-order valence-corrected chi connectivity index (χ4v) is 2.74. The van der Waals surface area contributed by atoms with Crippen LogP contribution in [-0.4, -0.2) is 23.7 Å². The first-order valence-electron chi connectivity index (χ1n) is 7.05. The van der Waals surface area contributed by atoms with Crippen molar-refractivity contribution in [1.29, 1.82) is 0 Å². The lowest BCUT2D eigenvalue weighted by Crippen LogP contribution is -2.34. The average Bonchev–Trinajstić information content (AvgIpc) is 2.84. The molecule has 1 aliphatic carbocycles. The molecule has 1 aliphatic rings. The SMILES string of the molecule is CC1CCCC1CNC(=O)Nc1c(F)cccc1C(=O)O. The first-order valence-corrected chi connectivity index (χ1v) is 7.05. The van der Waals surface area contributed by atoms with Gasteiger partial charge in [0.1, 0.15) is 5.82 Å². The van der Waals surface area contributed by atoms with Gasteiger partial charge in [0.05, 0.1) is 11.3 Å². The molecule has 1 aromatic rings. The summed E-state index contributed by atoms with van der Waals surface area (Å²) < 4.78 is 13.7. The number of carbonyl (C=O) groups is 2. The standard InChI is InChI=1S/C15H19FN2O3/c1-9-4-2-5-10(9)8-17-15(21)18-13-11(14(19)20)6-3-7-12(13)16/h3,6-7,9-10H,2,4-5,8H2,1H3,(H,19,20)(H2,17,18,21). The van der Waals surface area contributed by atoms with E-state index in [-0.39, 0.29) is 11.3 Å². The van der Waals surface area contributed by atoms with Crippen molar-refractivity contribution in [2.75, 3.05) is 11.9 Å². The van der Waals surface area contributed by atoms with Crippen LogP contribution in [0.3, 0.4) is 0 Å². The number of carboxylic acids is 1. The Hall–Kier alpha value is -2.11. The summed E-state index contributed by atoms with van der Waals surface area (Å²) in [6, 6.07) is 3.07. The third kappa shape index (κ3) is 3.71. The smallest absolute Gasteiger partial charge is 0.337 e. The number of carbonyl (C=O) groups excluding carboxylic acids is 1. The Balaban J connectivity index is 1.98. The maximum absolute atomic E-state index is 13.7. The maximum atomic E-state index is 13.7.